The summed E-state index contributed by atoms with van der Waals surface area (Å²) in [5.74, 6) is 3.02. The first-order chi connectivity index (χ1) is 35.5. The molecule has 0 amide bonds. The molecule has 14 heteroatoms. The standard InChI is InChI=1S/C26H50O7.C13H29N.C12H24O3.C11H22O3/c1-19(2)17-23(21(5)6)25(27)32-15-13-30-11-9-29-10-12-31-14-16-33-26(28)24(22(7)8)18-20(3)4;1-12(2)10-8-6-5-7-9-11-14-13(3)4;1-9(2)8-12(5,10(3)4)11(14)15-7-6-13;1-8(2)7-10(9(3)4)11(13)14-6-5-12/h19-24H,9-18H2,1-8H3;12-14H,5-11H2,1-4H3;9-10,13H,6-8H2,1-5H3;8-10,12H,5-7H2,1-4H3. The molecule has 76 heavy (non-hydrogen) atoms. The third-order valence-electron chi connectivity index (χ3n) is 12.9. The van der Waals surface area contributed by atoms with Gasteiger partial charge in [0.2, 0.25) is 0 Å². The van der Waals surface area contributed by atoms with E-state index in [-0.39, 0.29) is 99.0 Å². The predicted octanol–water partition coefficient (Wildman–Crippen LogP) is 12.8. The van der Waals surface area contributed by atoms with E-state index in [1.165, 1.54) is 45.1 Å². The number of hydrogen-bond acceptors (Lipinski definition) is 14. The Hall–Kier alpha value is -2.36. The molecule has 0 aromatic heterocycles. The summed E-state index contributed by atoms with van der Waals surface area (Å²) in [6.45, 7) is 48.3. The number of carbonyl (C=O) groups excluding carboxylic acids is 4. The summed E-state index contributed by atoms with van der Waals surface area (Å²) < 4.78 is 37.0. The second kappa shape index (κ2) is 50.8. The van der Waals surface area contributed by atoms with Crippen molar-refractivity contribution in [1.82, 2.24) is 5.32 Å². The molecule has 0 spiro atoms. The Balaban J connectivity index is -0.000000501. The van der Waals surface area contributed by atoms with Gasteiger partial charge in [-0.25, -0.2) is 0 Å². The highest BCUT2D eigenvalue weighted by atomic mass is 16.6. The Bertz CT molecular complexity index is 1290. The van der Waals surface area contributed by atoms with Crippen molar-refractivity contribution in [3.05, 3.63) is 0 Å². The molecule has 0 fully saturated rings. The number of esters is 4. The molecule has 4 unspecified atom stereocenters. The summed E-state index contributed by atoms with van der Waals surface area (Å²) in [6, 6.07) is 0.649. The molecule has 0 aliphatic rings. The Labute approximate surface area is 468 Å². The Morgan fingerprint density at radius 1 is 0.408 bits per heavy atom. The SMILES string of the molecule is CC(C)CC(C(=O)OCCO)C(C)C.CC(C)CC(C(=O)OCCOCCOCCOCCOC(=O)C(CC(C)C)C(C)C)C(C)C.CC(C)CC(C)(C(=O)OCCO)C(C)C.CC(C)CCCCCCCNC(C)C. The quantitative estimate of drug-likeness (QED) is 0.0298. The summed E-state index contributed by atoms with van der Waals surface area (Å²) in [4.78, 5) is 47.8. The van der Waals surface area contributed by atoms with Crippen LogP contribution in [0.2, 0.25) is 0 Å². The number of ether oxygens (including phenoxy) is 7. The van der Waals surface area contributed by atoms with Gasteiger partial charge in [-0.05, 0) is 98.8 Å². The summed E-state index contributed by atoms with van der Waals surface area (Å²) >= 11 is 0. The summed E-state index contributed by atoms with van der Waals surface area (Å²) in [6.07, 6.45) is 11.8. The molecule has 0 heterocycles. The Morgan fingerprint density at radius 2 is 0.737 bits per heavy atom. The van der Waals surface area contributed by atoms with E-state index in [9.17, 15) is 19.2 Å². The molecule has 14 nitrogen and oxygen atoms in total. The first kappa shape index (κ1) is 80.1. The van der Waals surface area contributed by atoms with Gasteiger partial charge in [0.15, 0.2) is 0 Å². The van der Waals surface area contributed by atoms with Crippen molar-refractivity contribution in [2.45, 2.75) is 216 Å². The van der Waals surface area contributed by atoms with Crippen molar-refractivity contribution in [3.63, 3.8) is 0 Å². The van der Waals surface area contributed by atoms with Crippen molar-refractivity contribution in [3.8, 4) is 0 Å². The zero-order valence-corrected chi connectivity index (χ0v) is 53.2. The lowest BCUT2D eigenvalue weighted by Gasteiger charge is -2.32. The number of rotatable bonds is 41. The molecule has 0 aliphatic heterocycles. The van der Waals surface area contributed by atoms with Crippen LogP contribution in [0.5, 0.6) is 0 Å². The lowest BCUT2D eigenvalue weighted by molar-refractivity contribution is -0.160. The van der Waals surface area contributed by atoms with Crippen LogP contribution in [0.1, 0.15) is 210 Å². The van der Waals surface area contributed by atoms with Crippen molar-refractivity contribution < 1.29 is 62.5 Å². The first-order valence-electron chi connectivity index (χ1n) is 29.9. The van der Waals surface area contributed by atoms with Crippen LogP contribution in [0.3, 0.4) is 0 Å². The Kier molecular flexibility index (Phi) is 53.6. The number of unbranched alkanes of at least 4 members (excludes halogenated alkanes) is 4. The van der Waals surface area contributed by atoms with Gasteiger partial charge in [0.1, 0.15) is 26.4 Å². The van der Waals surface area contributed by atoms with Gasteiger partial charge < -0.3 is 48.7 Å². The fourth-order valence-corrected chi connectivity index (χ4v) is 8.16. The minimum atomic E-state index is -0.441. The molecule has 0 rings (SSSR count). The highest BCUT2D eigenvalue weighted by molar-refractivity contribution is 5.76. The number of carbonyl (C=O) groups is 4. The van der Waals surface area contributed by atoms with Crippen LogP contribution in [-0.4, -0.2) is 126 Å². The maximum Gasteiger partial charge on any atom is 0.312 e. The van der Waals surface area contributed by atoms with Crippen LogP contribution >= 0.6 is 0 Å². The minimum Gasteiger partial charge on any atom is -0.463 e. The monoisotopic (exact) mass is 1090 g/mol. The zero-order valence-electron chi connectivity index (χ0n) is 53.2. The molecule has 0 aromatic carbocycles. The second-order valence-corrected chi connectivity index (χ2v) is 24.6. The van der Waals surface area contributed by atoms with Gasteiger partial charge in [0.05, 0.1) is 76.0 Å². The van der Waals surface area contributed by atoms with Gasteiger partial charge in [-0.1, -0.05) is 171 Å². The maximum atomic E-state index is 12.2. The first-order valence-corrected chi connectivity index (χ1v) is 29.9. The van der Waals surface area contributed by atoms with E-state index in [0.717, 1.165) is 31.6 Å². The summed E-state index contributed by atoms with van der Waals surface area (Å²) in [5.41, 5.74) is -0.441. The van der Waals surface area contributed by atoms with Crippen LogP contribution < -0.4 is 5.32 Å². The van der Waals surface area contributed by atoms with Gasteiger partial charge in [0.25, 0.3) is 0 Å². The molecular formula is C62H125NO13. The molecule has 0 saturated carbocycles. The molecule has 456 valence electrons. The van der Waals surface area contributed by atoms with E-state index in [1.54, 1.807) is 0 Å². The maximum absolute atomic E-state index is 12.2. The van der Waals surface area contributed by atoms with E-state index in [2.05, 4.69) is 116 Å². The lowest BCUT2D eigenvalue weighted by Crippen LogP contribution is -2.36. The normalized spacial score (nSPS) is 13.6. The van der Waals surface area contributed by atoms with Gasteiger partial charge in [-0.2, -0.15) is 0 Å². The van der Waals surface area contributed by atoms with Crippen molar-refractivity contribution in [1.29, 1.82) is 0 Å². The molecule has 0 saturated heterocycles. The van der Waals surface area contributed by atoms with Crippen molar-refractivity contribution in [2.75, 3.05) is 85.8 Å². The van der Waals surface area contributed by atoms with Gasteiger partial charge >= 0.3 is 23.9 Å². The van der Waals surface area contributed by atoms with Crippen molar-refractivity contribution >= 4 is 23.9 Å². The molecule has 3 N–H and O–H groups in total. The van der Waals surface area contributed by atoms with Gasteiger partial charge in [-0.3, -0.25) is 19.2 Å². The Morgan fingerprint density at radius 3 is 1.04 bits per heavy atom. The highest BCUT2D eigenvalue weighted by Crippen LogP contribution is 2.35. The molecule has 0 bridgehead atoms. The van der Waals surface area contributed by atoms with Crippen molar-refractivity contribution in [2.24, 2.45) is 76.4 Å². The molecular weight excluding hydrogens is 967 g/mol. The number of aliphatic hydroxyl groups excluding tert-OH is 2. The average molecular weight is 1090 g/mol. The van der Waals surface area contributed by atoms with Crippen LogP contribution in [0.15, 0.2) is 0 Å². The smallest absolute Gasteiger partial charge is 0.312 e. The summed E-state index contributed by atoms with van der Waals surface area (Å²) in [7, 11) is 0. The van der Waals surface area contributed by atoms with E-state index in [0.29, 0.717) is 75.3 Å². The van der Waals surface area contributed by atoms with Crippen LogP contribution in [-0.2, 0) is 52.3 Å². The number of aliphatic hydroxyl groups is 2. The summed E-state index contributed by atoms with van der Waals surface area (Å²) in [5, 5.41) is 20.6. The predicted molar refractivity (Wildman–Crippen MR) is 312 cm³/mol. The number of hydrogen-bond donors (Lipinski definition) is 3. The van der Waals surface area contributed by atoms with E-state index in [4.69, 9.17) is 43.4 Å². The van der Waals surface area contributed by atoms with Crippen LogP contribution in [0.25, 0.3) is 0 Å². The topological polar surface area (TPSA) is 185 Å². The third kappa shape index (κ3) is 48.7. The zero-order chi connectivity index (χ0) is 59.2. The largest absolute Gasteiger partial charge is 0.463 e. The molecule has 0 aliphatic carbocycles. The van der Waals surface area contributed by atoms with E-state index >= 15 is 0 Å². The molecule has 0 radical (unpaired) electrons. The number of nitrogens with one attached hydrogen (secondary N) is 1. The van der Waals surface area contributed by atoms with E-state index in [1.807, 2.05) is 34.6 Å². The molecule has 0 aromatic rings. The fraction of sp³-hybridized carbons (Fsp3) is 0.935. The second-order valence-electron chi connectivity index (χ2n) is 24.6. The fourth-order valence-electron chi connectivity index (χ4n) is 8.16. The van der Waals surface area contributed by atoms with Gasteiger partial charge in [-0.15, -0.1) is 0 Å². The van der Waals surface area contributed by atoms with E-state index < -0.39 is 5.41 Å². The lowest BCUT2D eigenvalue weighted by atomic mass is 9.73. The highest BCUT2D eigenvalue weighted by Gasteiger charge is 2.38. The third-order valence-corrected chi connectivity index (χ3v) is 12.9. The average Bonchev–Trinajstić information content (AvgIpc) is 3.31. The minimum absolute atomic E-state index is 0.0402. The van der Waals surface area contributed by atoms with Crippen LogP contribution in [0, 0.1) is 76.4 Å². The van der Waals surface area contributed by atoms with Crippen LogP contribution in [0.4, 0.5) is 0 Å². The molecule has 4 atom stereocenters. The van der Waals surface area contributed by atoms with Gasteiger partial charge in [0, 0.05) is 6.04 Å².